The number of unbranched alkanes of at least 4 members (excludes halogenated alkanes) is 38. The summed E-state index contributed by atoms with van der Waals surface area (Å²) in [7, 11) is 0. The quantitative estimate of drug-likeness (QED) is 0.0321. The maximum Gasteiger partial charge on any atom is 0.305 e. The second-order valence-corrected chi connectivity index (χ2v) is 21.0. The van der Waals surface area contributed by atoms with Gasteiger partial charge in [0, 0.05) is 12.8 Å². The van der Waals surface area contributed by atoms with Crippen LogP contribution in [0.3, 0.4) is 0 Å². The number of ether oxygens (including phenoxy) is 1. The van der Waals surface area contributed by atoms with Gasteiger partial charge in [0.2, 0.25) is 5.91 Å². The van der Waals surface area contributed by atoms with Gasteiger partial charge in [0.15, 0.2) is 0 Å². The fraction of sp³-hybridized carbons (Fsp3) is 0.815. The third-order valence-electron chi connectivity index (χ3n) is 14.0. The molecule has 0 rings (SSSR count). The minimum Gasteiger partial charge on any atom is -0.465 e. The van der Waals surface area contributed by atoms with Crippen LogP contribution in [0.4, 0.5) is 0 Å². The van der Waals surface area contributed by atoms with Crippen LogP contribution in [0.25, 0.3) is 0 Å². The van der Waals surface area contributed by atoms with Crippen LogP contribution in [-0.4, -0.2) is 47.4 Å². The summed E-state index contributed by atoms with van der Waals surface area (Å²) in [5.74, 6) is -0.123. The first-order valence-corrected chi connectivity index (χ1v) is 31.1. The monoisotopic (exact) mass is 994 g/mol. The molecule has 0 aromatic rings. The Labute approximate surface area is 441 Å². The number of carbonyl (C=O) groups is 2. The van der Waals surface area contributed by atoms with Crippen LogP contribution in [0.2, 0.25) is 0 Å². The fourth-order valence-corrected chi connectivity index (χ4v) is 9.25. The molecular weight excluding hydrogens is 875 g/mol. The second kappa shape index (κ2) is 60.1. The van der Waals surface area contributed by atoms with E-state index in [0.29, 0.717) is 19.4 Å². The van der Waals surface area contributed by atoms with Crippen molar-refractivity contribution in [3.63, 3.8) is 0 Å². The van der Waals surface area contributed by atoms with Crippen molar-refractivity contribution in [3.05, 3.63) is 60.8 Å². The molecule has 3 N–H and O–H groups in total. The molecule has 0 aromatic carbocycles. The molecule has 0 aliphatic heterocycles. The first kappa shape index (κ1) is 68.6. The summed E-state index contributed by atoms with van der Waals surface area (Å²) in [4.78, 5) is 24.5. The molecular formula is C65H119NO5. The topological polar surface area (TPSA) is 95.9 Å². The average molecular weight is 995 g/mol. The van der Waals surface area contributed by atoms with Crippen LogP contribution < -0.4 is 5.32 Å². The van der Waals surface area contributed by atoms with Gasteiger partial charge in [-0.2, -0.15) is 0 Å². The molecule has 0 aromatic heterocycles. The van der Waals surface area contributed by atoms with E-state index in [2.05, 4.69) is 67.8 Å². The summed E-state index contributed by atoms with van der Waals surface area (Å²) in [5, 5.41) is 23.2. The molecule has 0 saturated heterocycles. The van der Waals surface area contributed by atoms with E-state index in [1.807, 2.05) is 6.08 Å². The fourth-order valence-electron chi connectivity index (χ4n) is 9.25. The number of esters is 1. The Kier molecular flexibility index (Phi) is 58.1. The predicted octanol–water partition coefficient (Wildman–Crippen LogP) is 19.5. The predicted molar refractivity (Wildman–Crippen MR) is 310 cm³/mol. The summed E-state index contributed by atoms with van der Waals surface area (Å²) in [6.07, 6.45) is 78.4. The lowest BCUT2D eigenvalue weighted by atomic mass is 10.0. The maximum atomic E-state index is 12.5. The van der Waals surface area contributed by atoms with Crippen LogP contribution in [0, 0.1) is 0 Å². The number of nitrogens with one attached hydrogen (secondary N) is 1. The van der Waals surface area contributed by atoms with Crippen molar-refractivity contribution in [1.82, 2.24) is 5.32 Å². The van der Waals surface area contributed by atoms with E-state index in [4.69, 9.17) is 4.74 Å². The van der Waals surface area contributed by atoms with Gasteiger partial charge in [-0.1, -0.05) is 286 Å². The van der Waals surface area contributed by atoms with Crippen molar-refractivity contribution >= 4 is 11.9 Å². The van der Waals surface area contributed by atoms with E-state index in [-0.39, 0.29) is 18.5 Å². The SMILES string of the molecule is CCCC/C=C\C/C=C\CCCCCCCC(=O)OCC/C=C\C/C=C\CCCCCCCCCCCCCCCCC(=O)NC(CO)C(O)/C=C/CCCCCCCCCCCCCCCCCCC. The average Bonchev–Trinajstić information content (AvgIpc) is 3.37. The zero-order valence-corrected chi connectivity index (χ0v) is 47.2. The lowest BCUT2D eigenvalue weighted by molar-refractivity contribution is -0.143. The van der Waals surface area contributed by atoms with Gasteiger partial charge in [0.25, 0.3) is 0 Å². The molecule has 0 radical (unpaired) electrons. The van der Waals surface area contributed by atoms with Crippen LogP contribution in [0.15, 0.2) is 60.8 Å². The van der Waals surface area contributed by atoms with Crippen molar-refractivity contribution in [1.29, 1.82) is 0 Å². The first-order chi connectivity index (χ1) is 35.0. The number of aliphatic hydroxyl groups is 2. The number of allylic oxidation sites excluding steroid dienone is 8. The summed E-state index contributed by atoms with van der Waals surface area (Å²) >= 11 is 0. The Bertz CT molecular complexity index is 1240. The molecule has 2 unspecified atom stereocenters. The van der Waals surface area contributed by atoms with E-state index in [1.165, 1.54) is 225 Å². The molecule has 6 nitrogen and oxygen atoms in total. The molecule has 71 heavy (non-hydrogen) atoms. The van der Waals surface area contributed by atoms with Gasteiger partial charge in [-0.3, -0.25) is 9.59 Å². The third kappa shape index (κ3) is 56.7. The molecule has 414 valence electrons. The Hall–Kier alpha value is -2.44. The van der Waals surface area contributed by atoms with Crippen molar-refractivity contribution in [3.8, 4) is 0 Å². The van der Waals surface area contributed by atoms with E-state index in [0.717, 1.165) is 64.2 Å². The highest BCUT2D eigenvalue weighted by Gasteiger charge is 2.18. The lowest BCUT2D eigenvalue weighted by Gasteiger charge is -2.20. The summed E-state index contributed by atoms with van der Waals surface area (Å²) in [6.45, 7) is 4.76. The minimum atomic E-state index is -0.850. The Balaban J connectivity index is 3.50. The smallest absolute Gasteiger partial charge is 0.305 e. The van der Waals surface area contributed by atoms with E-state index >= 15 is 0 Å². The van der Waals surface area contributed by atoms with Crippen molar-refractivity contribution < 1.29 is 24.5 Å². The van der Waals surface area contributed by atoms with Gasteiger partial charge in [0.1, 0.15) is 0 Å². The molecule has 0 spiro atoms. The first-order valence-electron chi connectivity index (χ1n) is 31.1. The zero-order chi connectivity index (χ0) is 51.4. The molecule has 6 heteroatoms. The van der Waals surface area contributed by atoms with Gasteiger partial charge < -0.3 is 20.3 Å². The number of hydrogen-bond acceptors (Lipinski definition) is 5. The third-order valence-corrected chi connectivity index (χ3v) is 14.0. The van der Waals surface area contributed by atoms with Crippen LogP contribution in [0.5, 0.6) is 0 Å². The highest BCUT2D eigenvalue weighted by atomic mass is 16.5. The highest BCUT2D eigenvalue weighted by Crippen LogP contribution is 2.17. The summed E-state index contributed by atoms with van der Waals surface area (Å²) in [5.41, 5.74) is 0. The number of aliphatic hydroxyl groups excluding tert-OH is 2. The normalized spacial score (nSPS) is 13.0. The van der Waals surface area contributed by atoms with Gasteiger partial charge in [0.05, 0.1) is 25.4 Å². The Morgan fingerprint density at radius 3 is 1.11 bits per heavy atom. The molecule has 0 aliphatic carbocycles. The van der Waals surface area contributed by atoms with Crippen LogP contribution in [0.1, 0.15) is 316 Å². The maximum absolute atomic E-state index is 12.5. The molecule has 0 aliphatic rings. The molecule has 0 saturated carbocycles. The highest BCUT2D eigenvalue weighted by molar-refractivity contribution is 5.76. The van der Waals surface area contributed by atoms with E-state index in [9.17, 15) is 19.8 Å². The number of hydrogen-bond donors (Lipinski definition) is 3. The van der Waals surface area contributed by atoms with E-state index < -0.39 is 12.1 Å². The largest absolute Gasteiger partial charge is 0.465 e. The number of rotatable bonds is 57. The van der Waals surface area contributed by atoms with Gasteiger partial charge >= 0.3 is 5.97 Å². The Morgan fingerprint density at radius 1 is 0.394 bits per heavy atom. The van der Waals surface area contributed by atoms with Crippen molar-refractivity contribution in [2.24, 2.45) is 0 Å². The van der Waals surface area contributed by atoms with Gasteiger partial charge in [-0.15, -0.1) is 0 Å². The van der Waals surface area contributed by atoms with Crippen LogP contribution >= 0.6 is 0 Å². The van der Waals surface area contributed by atoms with Crippen molar-refractivity contribution in [2.45, 2.75) is 328 Å². The molecule has 0 heterocycles. The molecule has 1 amide bonds. The summed E-state index contributed by atoms with van der Waals surface area (Å²) < 4.78 is 5.40. The molecule has 0 fully saturated rings. The number of amides is 1. The number of carbonyl (C=O) groups excluding carboxylic acids is 2. The van der Waals surface area contributed by atoms with Gasteiger partial charge in [-0.05, 0) is 77.0 Å². The van der Waals surface area contributed by atoms with Gasteiger partial charge in [-0.25, -0.2) is 0 Å². The standard InChI is InChI=1S/C65H119NO5/c1-3-5-7-9-11-13-15-17-19-20-24-27-30-33-37-41-45-49-53-57-63(68)62(61-67)66-64(69)58-54-50-46-42-38-34-31-28-25-22-21-23-26-29-32-36-40-44-48-52-56-60-71-65(70)59-55-51-47-43-39-35-18-16-14-12-10-8-6-4-2/h10,12,16,18,36,40,48,52-53,57,62-63,67-68H,3-9,11,13-15,17,19-35,37-39,41-47,49-51,54-56,58-61H2,1-2H3,(H,66,69)/b12-10-,18-16-,40-36-,52-48-,57-53+. The summed E-state index contributed by atoms with van der Waals surface area (Å²) in [6, 6.07) is -0.634. The van der Waals surface area contributed by atoms with Crippen LogP contribution in [-0.2, 0) is 14.3 Å². The molecule has 2 atom stereocenters. The zero-order valence-electron chi connectivity index (χ0n) is 47.2. The second-order valence-electron chi connectivity index (χ2n) is 21.0. The van der Waals surface area contributed by atoms with Crippen molar-refractivity contribution in [2.75, 3.05) is 13.2 Å². The minimum absolute atomic E-state index is 0.0509. The lowest BCUT2D eigenvalue weighted by Crippen LogP contribution is -2.45. The Morgan fingerprint density at radius 2 is 0.718 bits per heavy atom. The van der Waals surface area contributed by atoms with E-state index in [1.54, 1.807) is 6.08 Å². The molecule has 0 bridgehead atoms.